The molecule has 71 heavy (non-hydrogen) atoms. The number of esters is 1. The van der Waals surface area contributed by atoms with E-state index in [0.29, 0.717) is 18.5 Å². The van der Waals surface area contributed by atoms with Crippen LogP contribution in [0.25, 0.3) is 0 Å². The summed E-state index contributed by atoms with van der Waals surface area (Å²) in [5, 5.41) is 28.5. The maximum atomic E-state index is 14.9. The number of nitrogens with two attached hydrogens (primary N) is 1. The molecule has 3 amide bonds. The monoisotopic (exact) mass is 1050 g/mol. The fourth-order valence-corrected chi connectivity index (χ4v) is 12.7. The van der Waals surface area contributed by atoms with E-state index in [0.717, 1.165) is 12.5 Å². The van der Waals surface area contributed by atoms with Gasteiger partial charge in [0.2, 0.25) is 5.91 Å². The number of anilines is 1. The van der Waals surface area contributed by atoms with Crippen molar-refractivity contribution in [3.63, 3.8) is 0 Å². The fraction of sp³-hybridized carbons (Fsp3) is 0.700. The number of carbonyl (C=O) groups is 5. The lowest BCUT2D eigenvalue weighted by atomic mass is 9.61. The molecule has 1 saturated carbocycles. The van der Waals surface area contributed by atoms with Crippen LogP contribution in [-0.2, 0) is 52.0 Å². The van der Waals surface area contributed by atoms with Gasteiger partial charge in [0, 0.05) is 38.0 Å². The summed E-state index contributed by atoms with van der Waals surface area (Å²) in [6.07, 6.45) is -5.81. The number of aliphatic hydroxyl groups excluding tert-OH is 1. The number of methoxy groups -OCH3 is 1. The van der Waals surface area contributed by atoms with Gasteiger partial charge in [-0.2, -0.15) is 0 Å². The Morgan fingerprint density at radius 2 is 1.68 bits per heavy atom. The standard InChI is InChI=1S/C50H74Cl2N4O14Si/c1-21(2)37-39(59)34(46(61)56(37)47-42(64-13)41(67-28(9)57)40(26(7)66-47)69-48(53)62)38(58)33-23(4)16-18-29-30(19-17-22(3)32(29)33)68-31-20-50(63,43(27(8)65-31)70-71(14,15)49(10,11)12)24(5)45(60)55-44-36(52)35(51)25(6)54-44/h16,18,21,23-24,26-27,29-33,37,40-43,47,54,58,63H,3,17,19-20H2,1-2,4-15H3,(H2,53,62)(H,55,60)/b38-34+/t23-,24?,26-,27+,29-,30+,31-,32-,33-,37?,40-,41-,42-,43+,47-,50+/m0/s1. The summed E-state index contributed by atoms with van der Waals surface area (Å²) in [4.78, 5) is 72.3. The second-order valence-corrected chi connectivity index (χ2v) is 27.4. The quantitative estimate of drug-likeness (QED) is 0.0318. The first kappa shape index (κ1) is 56.5. The maximum absolute atomic E-state index is 14.9. The van der Waals surface area contributed by atoms with E-state index in [9.17, 15) is 34.2 Å². The van der Waals surface area contributed by atoms with E-state index in [4.69, 9.17) is 61.8 Å². The Labute approximate surface area is 427 Å². The number of aromatic amines is 1. The van der Waals surface area contributed by atoms with Gasteiger partial charge >= 0.3 is 12.1 Å². The number of halogens is 2. The van der Waals surface area contributed by atoms with E-state index in [1.165, 1.54) is 12.0 Å². The molecule has 16 atom stereocenters. The highest BCUT2D eigenvalue weighted by Gasteiger charge is 2.60. The molecule has 6 N–H and O–H groups in total. The molecule has 396 valence electrons. The SMILES string of the molecule is C=C1CC[C@@H](O[C@H]2C[C@@](O)(C(C)C(=O)Nc3[nH]c(C)c(Cl)c3Cl)[C@H](O[Si](C)(C)C(C)(C)C)[C@@H](C)O2)[C@@H]2C=C[C@H](C)[C@H](/C(O)=C3/C(=O)C(C(C)C)N([C@H]4O[C@@H](C)[C@H](OC(N)=O)[C@H](OC(C)=O)[C@@H]4OC)C3=O)[C@@H]12. The van der Waals surface area contributed by atoms with Crippen molar-refractivity contribution in [2.45, 2.75) is 180 Å². The molecule has 0 radical (unpaired) electrons. The van der Waals surface area contributed by atoms with Crippen molar-refractivity contribution in [1.82, 2.24) is 9.88 Å². The van der Waals surface area contributed by atoms with E-state index >= 15 is 0 Å². The lowest BCUT2D eigenvalue weighted by Crippen LogP contribution is -2.66. The molecule has 4 fully saturated rings. The van der Waals surface area contributed by atoms with Crippen LogP contribution in [0.15, 0.2) is 35.6 Å². The molecule has 5 aliphatic rings. The number of aryl methyl sites for hydroxylation is 1. The summed E-state index contributed by atoms with van der Waals surface area (Å²) in [6.45, 7) is 28.1. The summed E-state index contributed by atoms with van der Waals surface area (Å²) >= 11 is 12.8. The van der Waals surface area contributed by atoms with Crippen molar-refractivity contribution < 1.29 is 67.0 Å². The highest BCUT2D eigenvalue weighted by Crippen LogP contribution is 2.52. The van der Waals surface area contributed by atoms with Crippen molar-refractivity contribution in [2.24, 2.45) is 41.2 Å². The van der Waals surface area contributed by atoms with Crippen LogP contribution in [0, 0.1) is 42.4 Å². The largest absolute Gasteiger partial charge is 0.511 e. The summed E-state index contributed by atoms with van der Waals surface area (Å²) < 4.78 is 43.4. The normalized spacial score (nSPS) is 35.9. The van der Waals surface area contributed by atoms with Gasteiger partial charge < -0.3 is 59.1 Å². The van der Waals surface area contributed by atoms with Crippen LogP contribution >= 0.6 is 23.2 Å². The third-order valence-electron chi connectivity index (χ3n) is 15.7. The molecule has 18 nitrogen and oxygen atoms in total. The van der Waals surface area contributed by atoms with Crippen LogP contribution in [0.1, 0.15) is 94.2 Å². The molecule has 0 spiro atoms. The fourth-order valence-electron chi connectivity index (χ4n) is 10.9. The second-order valence-electron chi connectivity index (χ2n) is 21.9. The molecular weight excluding hydrogens is 980 g/mol. The number of ketones is 1. The number of hydrogen-bond donors (Lipinski definition) is 5. The summed E-state index contributed by atoms with van der Waals surface area (Å²) in [7, 11) is -1.29. The molecule has 1 aromatic heterocycles. The average Bonchev–Trinajstić information content (AvgIpc) is 3.67. The van der Waals surface area contributed by atoms with Gasteiger partial charge in [-0.3, -0.25) is 24.1 Å². The van der Waals surface area contributed by atoms with Gasteiger partial charge in [-0.15, -0.1) is 0 Å². The number of fused-ring (bicyclic) bond motifs is 1. The Bertz CT molecular complexity index is 2310. The minimum atomic E-state index is -2.59. The van der Waals surface area contributed by atoms with E-state index in [1.54, 1.807) is 41.5 Å². The van der Waals surface area contributed by atoms with E-state index in [1.807, 2.05) is 19.1 Å². The third kappa shape index (κ3) is 10.8. The number of amides is 3. The molecule has 0 aromatic carbocycles. The molecule has 0 bridgehead atoms. The minimum Gasteiger partial charge on any atom is -0.511 e. The number of Topliss-reactive ketones (excluding diaryl/α,β-unsaturated/α-hetero) is 1. The number of primary amides is 1. The summed E-state index contributed by atoms with van der Waals surface area (Å²) in [5.74, 6) is -6.65. The summed E-state index contributed by atoms with van der Waals surface area (Å²) in [6, 6.07) is -1.14. The van der Waals surface area contributed by atoms with Gasteiger partial charge in [-0.05, 0) is 69.5 Å². The Balaban J connectivity index is 1.32. The predicted molar refractivity (Wildman–Crippen MR) is 267 cm³/mol. The lowest BCUT2D eigenvalue weighted by molar-refractivity contribution is -0.296. The van der Waals surface area contributed by atoms with Gasteiger partial charge in [-0.1, -0.05) is 96.0 Å². The highest BCUT2D eigenvalue weighted by molar-refractivity contribution is 6.74. The topological polar surface area (TPSA) is 247 Å². The van der Waals surface area contributed by atoms with Crippen LogP contribution < -0.4 is 11.1 Å². The highest BCUT2D eigenvalue weighted by atomic mass is 35.5. The first-order valence-electron chi connectivity index (χ1n) is 24.4. The number of aromatic nitrogens is 1. The molecule has 4 heterocycles. The zero-order chi connectivity index (χ0) is 53.1. The molecule has 3 aliphatic heterocycles. The number of allylic oxidation sites excluding steroid dienone is 3. The molecule has 21 heteroatoms. The number of nitrogens with one attached hydrogen (secondary N) is 2. The number of carbonyl (C=O) groups excluding carboxylic acids is 5. The van der Waals surface area contributed by atoms with Crippen molar-refractivity contribution in [3.05, 3.63) is 51.4 Å². The van der Waals surface area contributed by atoms with Crippen molar-refractivity contribution in [1.29, 1.82) is 0 Å². The predicted octanol–water partition coefficient (Wildman–Crippen LogP) is 7.65. The average molecular weight is 1050 g/mol. The molecule has 2 aliphatic carbocycles. The van der Waals surface area contributed by atoms with Gasteiger partial charge in [-0.25, -0.2) is 4.79 Å². The number of hydrogen-bond acceptors (Lipinski definition) is 14. The molecule has 2 unspecified atom stereocenters. The van der Waals surface area contributed by atoms with Gasteiger partial charge in [0.15, 0.2) is 38.8 Å². The number of H-pyrrole nitrogens is 1. The smallest absolute Gasteiger partial charge is 0.405 e. The van der Waals surface area contributed by atoms with Crippen LogP contribution in [0.5, 0.6) is 0 Å². The van der Waals surface area contributed by atoms with Crippen LogP contribution in [0.3, 0.4) is 0 Å². The minimum absolute atomic E-state index is 0.142. The van der Waals surface area contributed by atoms with Gasteiger partial charge in [0.25, 0.3) is 5.91 Å². The number of nitrogens with zero attached hydrogens (tertiary/aromatic N) is 1. The van der Waals surface area contributed by atoms with E-state index in [2.05, 4.69) is 50.7 Å². The van der Waals surface area contributed by atoms with Crippen LogP contribution in [-0.4, -0.2) is 132 Å². The van der Waals surface area contributed by atoms with Crippen LogP contribution in [0.4, 0.5) is 10.6 Å². The number of likely N-dealkylation sites (tertiary alicyclic amines) is 1. The van der Waals surface area contributed by atoms with E-state index < -0.39 is 146 Å². The Kier molecular flexibility index (Phi) is 16.9. The summed E-state index contributed by atoms with van der Waals surface area (Å²) in [5.41, 5.74) is 4.48. The van der Waals surface area contributed by atoms with Crippen LogP contribution in [0.2, 0.25) is 28.2 Å². The first-order valence-corrected chi connectivity index (χ1v) is 28.1. The molecule has 6 rings (SSSR count). The van der Waals surface area contributed by atoms with Gasteiger partial charge in [0.05, 0.1) is 29.3 Å². The number of aliphatic hydroxyl groups is 2. The Morgan fingerprint density at radius 1 is 1.03 bits per heavy atom. The Morgan fingerprint density at radius 3 is 2.23 bits per heavy atom. The molecular formula is C50H74Cl2N4O14Si. The zero-order valence-electron chi connectivity index (χ0n) is 43.3. The van der Waals surface area contributed by atoms with Gasteiger partial charge in [0.1, 0.15) is 46.0 Å². The Hall–Kier alpha value is -3.79. The maximum Gasteiger partial charge on any atom is 0.405 e. The van der Waals surface area contributed by atoms with Crippen molar-refractivity contribution in [3.8, 4) is 0 Å². The number of ether oxygens (including phenoxy) is 6. The van der Waals surface area contributed by atoms with Crippen molar-refractivity contribution >= 4 is 67.0 Å². The molecule has 3 saturated heterocycles. The molecule has 1 aromatic rings. The second kappa shape index (κ2) is 21.2. The number of rotatable bonds is 13. The lowest BCUT2D eigenvalue weighted by Gasteiger charge is -2.53. The van der Waals surface area contributed by atoms with E-state index in [-0.39, 0.29) is 33.2 Å². The van der Waals surface area contributed by atoms with Crippen molar-refractivity contribution in [2.75, 3.05) is 12.4 Å². The zero-order valence-corrected chi connectivity index (χ0v) is 45.8. The first-order chi connectivity index (χ1) is 32.9. The third-order valence-corrected chi connectivity index (χ3v) is 21.1.